The van der Waals surface area contributed by atoms with Gasteiger partial charge in [0.05, 0.1) is 5.56 Å². The van der Waals surface area contributed by atoms with Crippen molar-refractivity contribution in [3.05, 3.63) is 29.3 Å². The number of hydrogen-bond acceptors (Lipinski definition) is 2. The summed E-state index contributed by atoms with van der Waals surface area (Å²) in [6.07, 6.45) is 1.11. The molecule has 0 aromatic heterocycles. The molecule has 1 heterocycles. The van der Waals surface area contributed by atoms with Crippen LogP contribution in [0.1, 0.15) is 36.2 Å². The van der Waals surface area contributed by atoms with Crippen LogP contribution in [0.15, 0.2) is 18.2 Å². The molecule has 1 saturated heterocycles. The number of nitrogen functional groups attached to an aromatic ring is 1. The maximum Gasteiger partial charge on any atom is 0.255 e. The van der Waals surface area contributed by atoms with E-state index in [4.69, 9.17) is 5.73 Å². The number of para-hydroxylation sites is 1. The number of amides is 1. The Kier molecular flexibility index (Phi) is 3.60. The van der Waals surface area contributed by atoms with E-state index in [-0.39, 0.29) is 5.91 Å². The Labute approximate surface area is 109 Å². The number of carbonyl (C=O) groups excluding carboxylic acids is 1. The number of nitrogens with two attached hydrogens (primary N) is 1. The van der Waals surface area contributed by atoms with Crippen molar-refractivity contribution in [3.8, 4) is 0 Å². The average molecular weight is 246 g/mol. The molecule has 1 atom stereocenters. The van der Waals surface area contributed by atoms with Crippen molar-refractivity contribution in [1.29, 1.82) is 0 Å². The molecule has 0 spiro atoms. The van der Waals surface area contributed by atoms with Gasteiger partial charge in [0.15, 0.2) is 0 Å². The lowest BCUT2D eigenvalue weighted by Crippen LogP contribution is -2.30. The molecule has 98 valence electrons. The predicted octanol–water partition coefficient (Wildman–Crippen LogP) is 2.70. The fourth-order valence-electron chi connectivity index (χ4n) is 2.55. The quantitative estimate of drug-likeness (QED) is 0.815. The largest absolute Gasteiger partial charge is 0.398 e. The first-order valence-corrected chi connectivity index (χ1v) is 6.65. The first kappa shape index (κ1) is 12.9. The Hall–Kier alpha value is -1.51. The van der Waals surface area contributed by atoms with Crippen LogP contribution in [0.4, 0.5) is 5.69 Å². The number of benzene rings is 1. The third kappa shape index (κ3) is 2.35. The lowest BCUT2D eigenvalue weighted by Gasteiger charge is -2.19. The van der Waals surface area contributed by atoms with E-state index < -0.39 is 0 Å². The van der Waals surface area contributed by atoms with Gasteiger partial charge in [-0.2, -0.15) is 0 Å². The van der Waals surface area contributed by atoms with Crippen LogP contribution in [0, 0.1) is 18.8 Å². The fraction of sp³-hybridized carbons (Fsp3) is 0.533. The second-order valence-electron chi connectivity index (χ2n) is 5.58. The average Bonchev–Trinajstić information content (AvgIpc) is 2.81. The van der Waals surface area contributed by atoms with Crippen LogP contribution in [-0.2, 0) is 0 Å². The number of nitrogens with zero attached hydrogens (tertiary/aromatic N) is 1. The minimum Gasteiger partial charge on any atom is -0.398 e. The Balaban J connectivity index is 2.16. The van der Waals surface area contributed by atoms with E-state index in [9.17, 15) is 4.79 Å². The maximum absolute atomic E-state index is 12.4. The van der Waals surface area contributed by atoms with Gasteiger partial charge in [-0.15, -0.1) is 0 Å². The van der Waals surface area contributed by atoms with Crippen molar-refractivity contribution >= 4 is 11.6 Å². The zero-order chi connectivity index (χ0) is 13.3. The van der Waals surface area contributed by atoms with Gasteiger partial charge in [-0.05, 0) is 36.8 Å². The number of anilines is 1. The summed E-state index contributed by atoms with van der Waals surface area (Å²) in [6.45, 7) is 8.10. The third-order valence-electron chi connectivity index (χ3n) is 4.01. The van der Waals surface area contributed by atoms with E-state index in [0.717, 1.165) is 25.1 Å². The molecular weight excluding hydrogens is 224 g/mol. The summed E-state index contributed by atoms with van der Waals surface area (Å²) < 4.78 is 0. The summed E-state index contributed by atoms with van der Waals surface area (Å²) in [5, 5.41) is 0. The predicted molar refractivity (Wildman–Crippen MR) is 74.4 cm³/mol. The molecular formula is C15H22N2O. The zero-order valence-corrected chi connectivity index (χ0v) is 11.4. The van der Waals surface area contributed by atoms with Gasteiger partial charge in [0, 0.05) is 18.8 Å². The molecule has 1 aromatic carbocycles. The van der Waals surface area contributed by atoms with Crippen molar-refractivity contribution in [1.82, 2.24) is 4.90 Å². The lowest BCUT2D eigenvalue weighted by atomic mass is 9.95. The normalized spacial score (nSPS) is 19.6. The number of aryl methyl sites for hydroxylation is 1. The van der Waals surface area contributed by atoms with Gasteiger partial charge in [0.1, 0.15) is 0 Å². The molecule has 1 fully saturated rings. The molecule has 0 aliphatic carbocycles. The minimum absolute atomic E-state index is 0.0827. The van der Waals surface area contributed by atoms with Crippen molar-refractivity contribution < 1.29 is 4.79 Å². The van der Waals surface area contributed by atoms with Gasteiger partial charge in [0.25, 0.3) is 5.91 Å². The fourth-order valence-corrected chi connectivity index (χ4v) is 2.55. The highest BCUT2D eigenvalue weighted by Crippen LogP contribution is 2.26. The van der Waals surface area contributed by atoms with E-state index in [2.05, 4.69) is 13.8 Å². The van der Waals surface area contributed by atoms with Crippen molar-refractivity contribution in [3.63, 3.8) is 0 Å². The maximum atomic E-state index is 12.4. The zero-order valence-electron chi connectivity index (χ0n) is 11.4. The summed E-state index contributed by atoms with van der Waals surface area (Å²) in [4.78, 5) is 14.4. The Morgan fingerprint density at radius 1 is 1.44 bits per heavy atom. The molecule has 3 heteroatoms. The Bertz CT molecular complexity index is 454. The highest BCUT2D eigenvalue weighted by Gasteiger charge is 2.29. The molecule has 1 aromatic rings. The molecule has 18 heavy (non-hydrogen) atoms. The van der Waals surface area contributed by atoms with E-state index in [1.165, 1.54) is 0 Å². The minimum atomic E-state index is 0.0827. The number of hydrogen-bond donors (Lipinski definition) is 1. The molecule has 2 rings (SSSR count). The van der Waals surface area contributed by atoms with Crippen LogP contribution in [0.25, 0.3) is 0 Å². The lowest BCUT2D eigenvalue weighted by molar-refractivity contribution is 0.0785. The van der Waals surface area contributed by atoms with E-state index in [0.29, 0.717) is 23.1 Å². The number of rotatable bonds is 2. The summed E-state index contributed by atoms with van der Waals surface area (Å²) in [5.74, 6) is 1.34. The van der Waals surface area contributed by atoms with Crippen molar-refractivity contribution in [2.45, 2.75) is 27.2 Å². The summed E-state index contributed by atoms with van der Waals surface area (Å²) in [6, 6.07) is 5.66. The van der Waals surface area contributed by atoms with Crippen molar-refractivity contribution in [2.24, 2.45) is 11.8 Å². The third-order valence-corrected chi connectivity index (χ3v) is 4.01. The Morgan fingerprint density at radius 3 is 2.78 bits per heavy atom. The topological polar surface area (TPSA) is 46.3 Å². The first-order chi connectivity index (χ1) is 8.50. The molecule has 1 aliphatic heterocycles. The van der Waals surface area contributed by atoms with Gasteiger partial charge in [-0.1, -0.05) is 26.0 Å². The molecule has 0 radical (unpaired) electrons. The van der Waals surface area contributed by atoms with E-state index in [1.807, 2.05) is 30.0 Å². The summed E-state index contributed by atoms with van der Waals surface area (Å²) in [5.41, 5.74) is 8.24. The highest BCUT2D eigenvalue weighted by atomic mass is 16.2. The van der Waals surface area contributed by atoms with Crippen LogP contribution in [-0.4, -0.2) is 23.9 Å². The smallest absolute Gasteiger partial charge is 0.255 e. The van der Waals surface area contributed by atoms with Crippen LogP contribution in [0.5, 0.6) is 0 Å². The molecule has 0 saturated carbocycles. The first-order valence-electron chi connectivity index (χ1n) is 6.65. The Morgan fingerprint density at radius 2 is 2.17 bits per heavy atom. The standard InChI is InChI=1S/C15H22N2O/c1-10(2)12-7-8-17(9-12)15(18)13-6-4-5-11(3)14(13)16/h4-6,10,12H,7-9,16H2,1-3H3. The van der Waals surface area contributed by atoms with Gasteiger partial charge < -0.3 is 10.6 Å². The molecule has 1 unspecified atom stereocenters. The van der Waals surface area contributed by atoms with E-state index in [1.54, 1.807) is 0 Å². The molecule has 1 aliphatic rings. The molecule has 3 nitrogen and oxygen atoms in total. The second-order valence-corrected chi connectivity index (χ2v) is 5.58. The van der Waals surface area contributed by atoms with E-state index >= 15 is 0 Å². The van der Waals surface area contributed by atoms with Gasteiger partial charge >= 0.3 is 0 Å². The van der Waals surface area contributed by atoms with Crippen LogP contribution in [0.2, 0.25) is 0 Å². The number of likely N-dealkylation sites (tertiary alicyclic amines) is 1. The molecule has 0 bridgehead atoms. The van der Waals surface area contributed by atoms with Crippen molar-refractivity contribution in [2.75, 3.05) is 18.8 Å². The summed E-state index contributed by atoms with van der Waals surface area (Å²) in [7, 11) is 0. The van der Waals surface area contributed by atoms with Gasteiger partial charge in [-0.3, -0.25) is 4.79 Å². The van der Waals surface area contributed by atoms with Crippen LogP contribution >= 0.6 is 0 Å². The van der Waals surface area contributed by atoms with Crippen LogP contribution < -0.4 is 5.73 Å². The van der Waals surface area contributed by atoms with Gasteiger partial charge in [0.2, 0.25) is 0 Å². The SMILES string of the molecule is Cc1cccc(C(=O)N2CCC(C(C)C)C2)c1N. The monoisotopic (exact) mass is 246 g/mol. The van der Waals surface area contributed by atoms with Gasteiger partial charge in [-0.25, -0.2) is 0 Å². The summed E-state index contributed by atoms with van der Waals surface area (Å²) >= 11 is 0. The van der Waals surface area contributed by atoms with Crippen LogP contribution in [0.3, 0.4) is 0 Å². The molecule has 1 amide bonds. The number of carbonyl (C=O) groups is 1. The highest BCUT2D eigenvalue weighted by molar-refractivity contribution is 5.99. The molecule has 2 N–H and O–H groups in total. The second kappa shape index (κ2) is 5.01.